The Morgan fingerprint density at radius 2 is 1.64 bits per heavy atom. The fraction of sp³-hybridized carbons (Fsp3) is 0.300. The second-order valence-corrected chi connectivity index (χ2v) is 8.06. The molecule has 0 saturated heterocycles. The summed E-state index contributed by atoms with van der Waals surface area (Å²) in [5.74, 6) is -0.329. The van der Waals surface area contributed by atoms with Crippen LogP contribution in [-0.2, 0) is 20.7 Å². The summed E-state index contributed by atoms with van der Waals surface area (Å²) in [6.45, 7) is 6.72. The van der Waals surface area contributed by atoms with Crippen LogP contribution in [0, 0.1) is 13.8 Å². The fourth-order valence-electron chi connectivity index (χ4n) is 2.64. The lowest BCUT2D eigenvalue weighted by molar-refractivity contribution is -0.128. The van der Waals surface area contributed by atoms with E-state index in [0.717, 1.165) is 31.7 Å². The van der Waals surface area contributed by atoms with E-state index >= 15 is 0 Å². The van der Waals surface area contributed by atoms with Crippen molar-refractivity contribution in [1.29, 1.82) is 0 Å². The molecule has 0 fully saturated rings. The first-order valence-corrected chi connectivity index (χ1v) is 10.4. The molecule has 8 heteroatoms. The van der Waals surface area contributed by atoms with E-state index in [1.807, 2.05) is 38.1 Å². The van der Waals surface area contributed by atoms with Crippen LogP contribution in [0.15, 0.2) is 24.3 Å². The molecule has 0 atom stereocenters. The second kappa shape index (κ2) is 9.07. The molecule has 0 spiro atoms. The Hall–Kier alpha value is -2.58. The number of aryl methyl sites for hydroxylation is 2. The van der Waals surface area contributed by atoms with E-state index in [-0.39, 0.29) is 5.97 Å². The molecule has 146 valence electrons. The van der Waals surface area contributed by atoms with Crippen molar-refractivity contribution < 1.29 is 19.1 Å². The highest BCUT2D eigenvalue weighted by molar-refractivity contribution is 7.17. The average Bonchev–Trinajstić information content (AvgIpc) is 3.25. The third-order valence-corrected chi connectivity index (χ3v) is 6.50. The molecule has 0 N–H and O–H groups in total. The Bertz CT molecular complexity index is 977. The van der Waals surface area contributed by atoms with E-state index in [4.69, 9.17) is 9.47 Å². The van der Waals surface area contributed by atoms with Gasteiger partial charge in [-0.2, -0.15) is 0 Å². The number of ether oxygens (including phenoxy) is 2. The minimum atomic E-state index is -0.329. The number of hydrogen-bond donors (Lipinski definition) is 0. The Kier molecular flexibility index (Phi) is 6.53. The van der Waals surface area contributed by atoms with Crippen LogP contribution in [0.5, 0.6) is 0 Å². The number of nitrogens with zero attached hydrogens (tertiary/aromatic N) is 2. The number of thiazole rings is 2. The van der Waals surface area contributed by atoms with Gasteiger partial charge in [0.05, 0.1) is 24.6 Å². The van der Waals surface area contributed by atoms with Crippen LogP contribution in [0.25, 0.3) is 21.1 Å². The van der Waals surface area contributed by atoms with Crippen LogP contribution in [-0.4, -0.2) is 35.6 Å². The summed E-state index contributed by atoms with van der Waals surface area (Å²) in [6.07, 6.45) is 0.662. The van der Waals surface area contributed by atoms with Crippen molar-refractivity contribution >= 4 is 35.1 Å². The first-order valence-electron chi connectivity index (χ1n) is 8.80. The number of esters is 1. The molecule has 0 aliphatic rings. The third-order valence-electron chi connectivity index (χ3n) is 4.04. The predicted octanol–water partition coefficient (Wildman–Crippen LogP) is 4.44. The summed E-state index contributed by atoms with van der Waals surface area (Å²) in [4.78, 5) is 33.1. The maximum absolute atomic E-state index is 12.0. The SMILES string of the molecule is CCOC(=O)c1sc(-c2ccc(-c3nc(C)c(CCOC=O)s3)cc2)nc1C. The first kappa shape index (κ1) is 20.2. The maximum atomic E-state index is 12.0. The first-order chi connectivity index (χ1) is 13.5. The molecule has 0 unspecified atom stereocenters. The number of aromatic nitrogens is 2. The molecule has 0 aliphatic carbocycles. The molecule has 0 radical (unpaired) electrons. The minimum absolute atomic E-state index is 0.329. The summed E-state index contributed by atoms with van der Waals surface area (Å²) in [6, 6.07) is 7.96. The molecule has 0 amide bonds. The van der Waals surface area contributed by atoms with Crippen molar-refractivity contribution in [1.82, 2.24) is 9.97 Å². The molecule has 3 aromatic rings. The number of benzene rings is 1. The van der Waals surface area contributed by atoms with Gasteiger partial charge in [0.2, 0.25) is 0 Å². The van der Waals surface area contributed by atoms with Crippen LogP contribution in [0.3, 0.4) is 0 Å². The van der Waals surface area contributed by atoms with Gasteiger partial charge in [-0.15, -0.1) is 22.7 Å². The van der Waals surface area contributed by atoms with E-state index < -0.39 is 0 Å². The molecule has 2 heterocycles. The average molecular weight is 417 g/mol. The lowest BCUT2D eigenvalue weighted by atomic mass is 10.1. The zero-order chi connectivity index (χ0) is 20.1. The molecule has 6 nitrogen and oxygen atoms in total. The summed E-state index contributed by atoms with van der Waals surface area (Å²) < 4.78 is 9.86. The molecule has 0 aliphatic heterocycles. The quantitative estimate of drug-likeness (QED) is 0.307. The summed E-state index contributed by atoms with van der Waals surface area (Å²) in [5, 5.41) is 1.71. The van der Waals surface area contributed by atoms with E-state index in [1.165, 1.54) is 11.3 Å². The Morgan fingerprint density at radius 3 is 2.25 bits per heavy atom. The van der Waals surface area contributed by atoms with Crippen molar-refractivity contribution in [2.75, 3.05) is 13.2 Å². The Labute approximate surface area is 171 Å². The van der Waals surface area contributed by atoms with Crippen molar-refractivity contribution in [3.8, 4) is 21.1 Å². The van der Waals surface area contributed by atoms with Crippen LogP contribution < -0.4 is 0 Å². The summed E-state index contributed by atoms with van der Waals surface area (Å²) in [7, 11) is 0. The van der Waals surface area contributed by atoms with Crippen molar-refractivity contribution in [3.05, 3.63) is 45.4 Å². The number of carbonyl (C=O) groups excluding carboxylic acids is 2. The number of hydrogen-bond acceptors (Lipinski definition) is 8. The number of rotatable bonds is 8. The van der Waals surface area contributed by atoms with Crippen LogP contribution in [0.2, 0.25) is 0 Å². The van der Waals surface area contributed by atoms with Gasteiger partial charge in [0.1, 0.15) is 14.9 Å². The molecule has 0 saturated carbocycles. The monoisotopic (exact) mass is 416 g/mol. The zero-order valence-corrected chi connectivity index (χ0v) is 17.5. The normalized spacial score (nSPS) is 10.7. The highest BCUT2D eigenvalue weighted by atomic mass is 32.1. The van der Waals surface area contributed by atoms with Gasteiger partial charge in [-0.3, -0.25) is 4.79 Å². The third kappa shape index (κ3) is 4.45. The number of carbonyl (C=O) groups is 2. The highest BCUT2D eigenvalue weighted by Gasteiger charge is 2.17. The van der Waals surface area contributed by atoms with Crippen molar-refractivity contribution in [3.63, 3.8) is 0 Å². The lowest BCUT2D eigenvalue weighted by Gasteiger charge is -1.99. The van der Waals surface area contributed by atoms with Crippen molar-refractivity contribution in [2.24, 2.45) is 0 Å². The van der Waals surface area contributed by atoms with Gasteiger partial charge in [0, 0.05) is 22.4 Å². The van der Waals surface area contributed by atoms with Gasteiger partial charge < -0.3 is 9.47 Å². The Balaban J connectivity index is 1.79. The van der Waals surface area contributed by atoms with E-state index in [9.17, 15) is 9.59 Å². The van der Waals surface area contributed by atoms with E-state index in [0.29, 0.717) is 36.7 Å². The summed E-state index contributed by atoms with van der Waals surface area (Å²) >= 11 is 2.94. The molecule has 28 heavy (non-hydrogen) atoms. The smallest absolute Gasteiger partial charge is 0.350 e. The van der Waals surface area contributed by atoms with Gasteiger partial charge in [0.25, 0.3) is 6.47 Å². The fourth-order valence-corrected chi connectivity index (χ4v) is 4.66. The van der Waals surface area contributed by atoms with Gasteiger partial charge in [-0.1, -0.05) is 24.3 Å². The Morgan fingerprint density at radius 1 is 1.04 bits per heavy atom. The predicted molar refractivity (Wildman–Crippen MR) is 110 cm³/mol. The van der Waals surface area contributed by atoms with Crippen molar-refractivity contribution in [2.45, 2.75) is 27.2 Å². The zero-order valence-electron chi connectivity index (χ0n) is 15.9. The molecular formula is C20H20N2O4S2. The van der Waals surface area contributed by atoms with E-state index in [1.54, 1.807) is 18.3 Å². The topological polar surface area (TPSA) is 78.4 Å². The highest BCUT2D eigenvalue weighted by Crippen LogP contribution is 2.32. The largest absolute Gasteiger partial charge is 0.468 e. The molecule has 0 bridgehead atoms. The second-order valence-electron chi connectivity index (χ2n) is 5.98. The van der Waals surface area contributed by atoms with Gasteiger partial charge in [-0.25, -0.2) is 14.8 Å². The van der Waals surface area contributed by atoms with Gasteiger partial charge in [-0.05, 0) is 20.8 Å². The van der Waals surface area contributed by atoms with Crippen LogP contribution >= 0.6 is 22.7 Å². The molecular weight excluding hydrogens is 396 g/mol. The van der Waals surface area contributed by atoms with Gasteiger partial charge >= 0.3 is 5.97 Å². The molecule has 1 aromatic carbocycles. The molecule has 3 rings (SSSR count). The maximum Gasteiger partial charge on any atom is 0.350 e. The van der Waals surface area contributed by atoms with Crippen LogP contribution in [0.1, 0.15) is 32.9 Å². The molecule has 2 aromatic heterocycles. The van der Waals surface area contributed by atoms with E-state index in [2.05, 4.69) is 9.97 Å². The summed E-state index contributed by atoms with van der Waals surface area (Å²) in [5.41, 5.74) is 3.59. The van der Waals surface area contributed by atoms with Crippen LogP contribution in [0.4, 0.5) is 0 Å². The minimum Gasteiger partial charge on any atom is -0.468 e. The standard InChI is InChI=1S/C20H20N2O4S2/c1-4-26-20(24)17-13(3)22-19(28-17)15-7-5-14(6-8-15)18-21-12(2)16(27-18)9-10-25-11-23/h5-8,11H,4,9-10H2,1-3H3. The lowest BCUT2D eigenvalue weighted by Crippen LogP contribution is -2.03. The van der Waals surface area contributed by atoms with Gasteiger partial charge in [0.15, 0.2) is 0 Å².